The maximum Gasteiger partial charge on any atom is 0.253 e. The van der Waals surface area contributed by atoms with Gasteiger partial charge in [0.15, 0.2) is 10.8 Å². The number of imidazole rings is 1. The van der Waals surface area contributed by atoms with Gasteiger partial charge in [0, 0.05) is 25.2 Å². The zero-order valence-corrected chi connectivity index (χ0v) is 25.6. The minimum Gasteiger partial charge on any atom is -0.339 e. The van der Waals surface area contributed by atoms with Gasteiger partial charge in [-0.2, -0.15) is 0 Å². The van der Waals surface area contributed by atoms with Crippen molar-refractivity contribution in [2.45, 2.75) is 72.8 Å². The van der Waals surface area contributed by atoms with Crippen LogP contribution in [0, 0.1) is 11.8 Å². The Balaban J connectivity index is 1.47. The molecule has 0 atom stereocenters. The Hall–Kier alpha value is -2.77. The van der Waals surface area contributed by atoms with Gasteiger partial charge < -0.3 is 14.4 Å². The largest absolute Gasteiger partial charge is 0.339 e. The fourth-order valence-corrected chi connectivity index (χ4v) is 6.54. The quantitative estimate of drug-likeness (QED) is 0.178. The van der Waals surface area contributed by atoms with Crippen molar-refractivity contribution in [2.24, 2.45) is 11.8 Å². The molecule has 6 nitrogen and oxygen atoms in total. The number of carbonyl (C=O) groups excluding carboxylic acids is 1. The number of carbonyl (C=O) groups is 1. The number of nitrogens with zero attached hydrogens (tertiary/aromatic N) is 5. The van der Waals surface area contributed by atoms with Crippen molar-refractivity contribution in [1.29, 1.82) is 0 Å². The molecule has 214 valence electrons. The molecule has 0 unspecified atom stereocenters. The SMILES string of the molecule is CC(C)CCN(CCC(C)C)C(=O)c1ccc2nc(-c3nc4ccccc4s3)n(CCCN3CCCCC3)c2c1. The van der Waals surface area contributed by atoms with Crippen LogP contribution in [-0.2, 0) is 6.54 Å². The molecule has 1 amide bonds. The highest BCUT2D eigenvalue weighted by Crippen LogP contribution is 2.32. The van der Waals surface area contributed by atoms with Gasteiger partial charge in [0.05, 0.1) is 21.3 Å². The van der Waals surface area contributed by atoms with Gasteiger partial charge >= 0.3 is 0 Å². The molecule has 1 fully saturated rings. The maximum absolute atomic E-state index is 13.8. The van der Waals surface area contributed by atoms with Crippen molar-refractivity contribution in [1.82, 2.24) is 24.3 Å². The molecule has 3 heterocycles. The molecule has 1 saturated heterocycles. The number of piperidine rings is 1. The molecule has 4 aromatic rings. The summed E-state index contributed by atoms with van der Waals surface area (Å²) >= 11 is 1.70. The first-order chi connectivity index (χ1) is 19.4. The number of likely N-dealkylation sites (tertiary alicyclic amines) is 1. The highest BCUT2D eigenvalue weighted by atomic mass is 32.1. The summed E-state index contributed by atoms with van der Waals surface area (Å²) in [5.74, 6) is 2.17. The molecule has 7 heteroatoms. The fourth-order valence-electron chi connectivity index (χ4n) is 5.57. The van der Waals surface area contributed by atoms with E-state index in [4.69, 9.17) is 9.97 Å². The first-order valence-corrected chi connectivity index (χ1v) is 16.1. The van der Waals surface area contributed by atoms with Gasteiger partial charge in [-0.3, -0.25) is 4.79 Å². The summed E-state index contributed by atoms with van der Waals surface area (Å²) in [5.41, 5.74) is 3.73. The minimum absolute atomic E-state index is 0.130. The Morgan fingerprint density at radius 2 is 1.62 bits per heavy atom. The summed E-state index contributed by atoms with van der Waals surface area (Å²) in [5, 5.41) is 0.943. The van der Waals surface area contributed by atoms with Crippen LogP contribution in [0.3, 0.4) is 0 Å². The molecule has 1 aliphatic heterocycles. The summed E-state index contributed by atoms with van der Waals surface area (Å²) in [7, 11) is 0. The van der Waals surface area contributed by atoms with Crippen molar-refractivity contribution in [3.05, 3.63) is 48.0 Å². The van der Waals surface area contributed by atoms with Gasteiger partial charge in [-0.25, -0.2) is 9.97 Å². The van der Waals surface area contributed by atoms with E-state index in [0.717, 1.165) is 78.4 Å². The summed E-state index contributed by atoms with van der Waals surface area (Å²) in [6, 6.07) is 14.4. The van der Waals surface area contributed by atoms with E-state index in [1.807, 2.05) is 18.2 Å². The van der Waals surface area contributed by atoms with E-state index >= 15 is 0 Å². The van der Waals surface area contributed by atoms with E-state index < -0.39 is 0 Å². The average Bonchev–Trinajstić information content (AvgIpc) is 3.54. The highest BCUT2D eigenvalue weighted by Gasteiger charge is 2.21. The van der Waals surface area contributed by atoms with Crippen molar-refractivity contribution in [3.8, 4) is 10.8 Å². The van der Waals surface area contributed by atoms with E-state index in [1.165, 1.54) is 37.1 Å². The standard InChI is InChI=1S/C33H45N5OS/c1-24(2)15-21-37(22-16-25(3)4)33(39)26-13-14-27-29(23-26)38(20-10-19-36-17-8-5-9-18-36)31(34-27)32-35-28-11-6-7-12-30(28)40-32/h6-7,11-14,23-25H,5,8-10,15-22H2,1-4H3. The third-order valence-corrected chi connectivity index (χ3v) is 9.06. The summed E-state index contributed by atoms with van der Waals surface area (Å²) in [6.45, 7) is 14.9. The minimum atomic E-state index is 0.130. The third-order valence-electron chi connectivity index (χ3n) is 8.03. The molecular weight excluding hydrogens is 514 g/mol. The molecule has 2 aromatic carbocycles. The van der Waals surface area contributed by atoms with E-state index in [1.54, 1.807) is 11.3 Å². The van der Waals surface area contributed by atoms with Gasteiger partial charge in [-0.05, 0) is 93.9 Å². The van der Waals surface area contributed by atoms with Gasteiger partial charge in [0.1, 0.15) is 0 Å². The smallest absolute Gasteiger partial charge is 0.253 e. The average molecular weight is 560 g/mol. The molecule has 5 rings (SSSR count). The van der Waals surface area contributed by atoms with Gasteiger partial charge in [-0.1, -0.05) is 46.2 Å². The lowest BCUT2D eigenvalue weighted by Crippen LogP contribution is -2.34. The van der Waals surface area contributed by atoms with Crippen LogP contribution in [0.25, 0.3) is 32.1 Å². The Morgan fingerprint density at radius 1 is 0.900 bits per heavy atom. The lowest BCUT2D eigenvalue weighted by molar-refractivity contribution is 0.0741. The second-order valence-electron chi connectivity index (χ2n) is 12.2. The van der Waals surface area contributed by atoms with E-state index in [2.05, 4.69) is 66.3 Å². The summed E-state index contributed by atoms with van der Waals surface area (Å²) < 4.78 is 3.49. The second-order valence-corrected chi connectivity index (χ2v) is 13.2. The van der Waals surface area contributed by atoms with Crippen LogP contribution in [0.15, 0.2) is 42.5 Å². The number of thiazole rings is 1. The van der Waals surface area contributed by atoms with E-state index in [0.29, 0.717) is 11.8 Å². The third kappa shape index (κ3) is 6.92. The first kappa shape index (κ1) is 28.7. The number of benzene rings is 2. The molecular formula is C33H45N5OS. The van der Waals surface area contributed by atoms with Crippen LogP contribution in [0.1, 0.15) is 76.6 Å². The van der Waals surface area contributed by atoms with Crippen LogP contribution in [0.5, 0.6) is 0 Å². The van der Waals surface area contributed by atoms with Gasteiger partial charge in [0.25, 0.3) is 5.91 Å². The van der Waals surface area contributed by atoms with E-state index in [-0.39, 0.29) is 5.91 Å². The number of fused-ring (bicyclic) bond motifs is 2. The zero-order chi connectivity index (χ0) is 28.1. The Bertz CT molecular complexity index is 1370. The molecule has 0 spiro atoms. The molecule has 0 saturated carbocycles. The van der Waals surface area contributed by atoms with Crippen molar-refractivity contribution in [2.75, 3.05) is 32.7 Å². The number of aryl methyl sites for hydroxylation is 1. The molecule has 1 aliphatic rings. The monoisotopic (exact) mass is 559 g/mol. The summed E-state index contributed by atoms with van der Waals surface area (Å²) in [6.07, 6.45) is 7.05. The Labute approximate surface area is 243 Å². The molecule has 0 bridgehead atoms. The molecule has 0 aliphatic carbocycles. The number of rotatable bonds is 12. The molecule has 2 aromatic heterocycles. The number of para-hydroxylation sites is 1. The second kappa shape index (κ2) is 13.3. The highest BCUT2D eigenvalue weighted by molar-refractivity contribution is 7.21. The first-order valence-electron chi connectivity index (χ1n) is 15.3. The summed E-state index contributed by atoms with van der Waals surface area (Å²) in [4.78, 5) is 28.5. The Kier molecular flexibility index (Phi) is 9.53. The fraction of sp³-hybridized carbons (Fsp3) is 0.545. The van der Waals surface area contributed by atoms with Crippen molar-refractivity contribution >= 4 is 38.5 Å². The van der Waals surface area contributed by atoms with Crippen LogP contribution in [-0.4, -0.2) is 63.0 Å². The lowest BCUT2D eigenvalue weighted by atomic mass is 10.1. The van der Waals surface area contributed by atoms with Crippen molar-refractivity contribution < 1.29 is 4.79 Å². The zero-order valence-electron chi connectivity index (χ0n) is 24.7. The predicted octanol–water partition coefficient (Wildman–Crippen LogP) is 7.72. The topological polar surface area (TPSA) is 54.3 Å². The molecule has 0 radical (unpaired) electrons. The van der Waals surface area contributed by atoms with E-state index in [9.17, 15) is 4.79 Å². The van der Waals surface area contributed by atoms with Crippen LogP contribution in [0.2, 0.25) is 0 Å². The van der Waals surface area contributed by atoms with Crippen LogP contribution >= 0.6 is 11.3 Å². The predicted molar refractivity (Wildman–Crippen MR) is 168 cm³/mol. The van der Waals surface area contributed by atoms with Crippen LogP contribution in [0.4, 0.5) is 0 Å². The number of amides is 1. The van der Waals surface area contributed by atoms with Gasteiger partial charge in [0.2, 0.25) is 0 Å². The van der Waals surface area contributed by atoms with Gasteiger partial charge in [-0.15, -0.1) is 11.3 Å². The number of hydrogen-bond acceptors (Lipinski definition) is 5. The number of aromatic nitrogens is 3. The van der Waals surface area contributed by atoms with Crippen molar-refractivity contribution in [3.63, 3.8) is 0 Å². The normalized spacial score (nSPS) is 14.7. The van der Waals surface area contributed by atoms with Crippen LogP contribution < -0.4 is 0 Å². The maximum atomic E-state index is 13.8. The lowest BCUT2D eigenvalue weighted by Gasteiger charge is -2.26. The molecule has 0 N–H and O–H groups in total. The Morgan fingerprint density at radius 3 is 2.33 bits per heavy atom. The molecule has 40 heavy (non-hydrogen) atoms. The number of hydrogen-bond donors (Lipinski definition) is 0.